The number of ether oxygens (including phenoxy) is 1. The minimum absolute atomic E-state index is 0.175. The molecule has 3 rings (SSSR count). The number of hydrogen-bond donors (Lipinski definition) is 0. The summed E-state index contributed by atoms with van der Waals surface area (Å²) >= 11 is 11.7. The van der Waals surface area contributed by atoms with E-state index in [1.165, 1.54) is 6.08 Å². The van der Waals surface area contributed by atoms with E-state index in [9.17, 15) is 9.59 Å². The van der Waals surface area contributed by atoms with Crippen LogP contribution in [0.25, 0.3) is 6.08 Å². The SMILES string of the molecule is O=C(C=Cc1ccccc1OC(=O)c1ccc(Cl)cc1)c1ccc(Cl)cc1. The van der Waals surface area contributed by atoms with Crippen molar-refractivity contribution >= 4 is 41.0 Å². The van der Waals surface area contributed by atoms with Gasteiger partial charge in [-0.25, -0.2) is 4.79 Å². The monoisotopic (exact) mass is 396 g/mol. The lowest BCUT2D eigenvalue weighted by molar-refractivity contribution is 0.0734. The van der Waals surface area contributed by atoms with Gasteiger partial charge < -0.3 is 4.74 Å². The normalized spacial score (nSPS) is 10.7. The summed E-state index contributed by atoms with van der Waals surface area (Å²) in [6, 6.07) is 20.0. The number of carbonyl (C=O) groups excluding carboxylic acids is 2. The van der Waals surface area contributed by atoms with Gasteiger partial charge in [-0.15, -0.1) is 0 Å². The number of allylic oxidation sites excluding steroid dienone is 1. The molecule has 0 amide bonds. The van der Waals surface area contributed by atoms with Crippen molar-refractivity contribution in [3.63, 3.8) is 0 Å². The fourth-order valence-corrected chi connectivity index (χ4v) is 2.58. The molecule has 0 bridgehead atoms. The Bertz CT molecular complexity index is 991. The van der Waals surface area contributed by atoms with Gasteiger partial charge in [0.25, 0.3) is 0 Å². The Morgan fingerprint density at radius 2 is 1.30 bits per heavy atom. The van der Waals surface area contributed by atoms with Crippen LogP contribution in [-0.4, -0.2) is 11.8 Å². The van der Waals surface area contributed by atoms with Crippen LogP contribution in [-0.2, 0) is 0 Å². The Labute approximate surface area is 166 Å². The molecule has 0 heterocycles. The minimum atomic E-state index is -0.503. The van der Waals surface area contributed by atoms with Crippen LogP contribution in [0.4, 0.5) is 0 Å². The van der Waals surface area contributed by atoms with Gasteiger partial charge in [-0.3, -0.25) is 4.79 Å². The van der Waals surface area contributed by atoms with Gasteiger partial charge in [-0.1, -0.05) is 41.4 Å². The topological polar surface area (TPSA) is 43.4 Å². The quantitative estimate of drug-likeness (QED) is 0.226. The summed E-state index contributed by atoms with van der Waals surface area (Å²) in [5.41, 5.74) is 1.52. The highest BCUT2D eigenvalue weighted by Gasteiger charge is 2.11. The summed E-state index contributed by atoms with van der Waals surface area (Å²) in [6.45, 7) is 0. The maximum atomic E-state index is 12.3. The van der Waals surface area contributed by atoms with E-state index in [4.69, 9.17) is 27.9 Å². The van der Waals surface area contributed by atoms with Crippen LogP contribution in [0.5, 0.6) is 5.75 Å². The Morgan fingerprint density at radius 3 is 1.93 bits per heavy atom. The lowest BCUT2D eigenvalue weighted by Crippen LogP contribution is -2.09. The summed E-state index contributed by atoms with van der Waals surface area (Å²) in [4.78, 5) is 24.6. The number of esters is 1. The van der Waals surface area contributed by atoms with Gasteiger partial charge in [-0.05, 0) is 66.7 Å². The van der Waals surface area contributed by atoms with Gasteiger partial charge >= 0.3 is 5.97 Å². The van der Waals surface area contributed by atoms with E-state index in [2.05, 4.69) is 0 Å². The van der Waals surface area contributed by atoms with E-state index < -0.39 is 5.97 Å². The second-order valence-electron chi connectivity index (χ2n) is 5.64. The van der Waals surface area contributed by atoms with Crippen LogP contribution in [0.15, 0.2) is 78.9 Å². The zero-order chi connectivity index (χ0) is 19.2. The third-order valence-electron chi connectivity index (χ3n) is 3.74. The highest BCUT2D eigenvalue weighted by molar-refractivity contribution is 6.31. The zero-order valence-electron chi connectivity index (χ0n) is 14.1. The maximum absolute atomic E-state index is 12.3. The molecule has 3 aromatic carbocycles. The first-order valence-electron chi connectivity index (χ1n) is 8.08. The zero-order valence-corrected chi connectivity index (χ0v) is 15.6. The Hall–Kier alpha value is -2.88. The predicted octanol–water partition coefficient (Wildman–Crippen LogP) is 6.11. The van der Waals surface area contributed by atoms with Crippen molar-refractivity contribution < 1.29 is 14.3 Å². The van der Waals surface area contributed by atoms with Gasteiger partial charge in [0.05, 0.1) is 5.56 Å². The highest BCUT2D eigenvalue weighted by atomic mass is 35.5. The standard InChI is InChI=1S/C22H14Cl2O3/c23-18-10-5-15(6-11-18)20(25)14-9-16-3-1-2-4-21(16)27-22(26)17-7-12-19(24)13-8-17/h1-14H. The minimum Gasteiger partial charge on any atom is -0.422 e. The molecule has 0 N–H and O–H groups in total. The van der Waals surface area contributed by atoms with Gasteiger partial charge in [0, 0.05) is 21.2 Å². The van der Waals surface area contributed by atoms with E-state index in [1.807, 2.05) is 0 Å². The molecule has 3 aromatic rings. The molecule has 0 fully saturated rings. The Morgan fingerprint density at radius 1 is 0.741 bits per heavy atom. The van der Waals surface area contributed by atoms with Gasteiger partial charge in [0.1, 0.15) is 5.75 Å². The van der Waals surface area contributed by atoms with Crippen molar-refractivity contribution in [1.29, 1.82) is 0 Å². The van der Waals surface area contributed by atoms with Crippen LogP contribution >= 0.6 is 23.2 Å². The van der Waals surface area contributed by atoms with Crippen molar-refractivity contribution in [2.75, 3.05) is 0 Å². The first-order valence-corrected chi connectivity index (χ1v) is 8.83. The van der Waals surface area contributed by atoms with E-state index in [0.717, 1.165) is 0 Å². The fourth-order valence-electron chi connectivity index (χ4n) is 2.33. The first-order chi connectivity index (χ1) is 13.0. The van der Waals surface area contributed by atoms with Crippen molar-refractivity contribution in [2.24, 2.45) is 0 Å². The van der Waals surface area contributed by atoms with E-state index in [-0.39, 0.29) is 5.78 Å². The van der Waals surface area contributed by atoms with Crippen LogP contribution in [0.3, 0.4) is 0 Å². The molecule has 0 radical (unpaired) electrons. The average Bonchev–Trinajstić information content (AvgIpc) is 2.68. The lowest BCUT2D eigenvalue weighted by Gasteiger charge is -2.07. The van der Waals surface area contributed by atoms with Gasteiger partial charge in [0.15, 0.2) is 5.78 Å². The number of hydrogen-bond acceptors (Lipinski definition) is 3. The van der Waals surface area contributed by atoms with Crippen molar-refractivity contribution in [2.45, 2.75) is 0 Å². The highest BCUT2D eigenvalue weighted by Crippen LogP contribution is 2.22. The summed E-state index contributed by atoms with van der Waals surface area (Å²) in [7, 11) is 0. The molecule has 134 valence electrons. The smallest absolute Gasteiger partial charge is 0.343 e. The number of carbonyl (C=O) groups is 2. The Balaban J connectivity index is 1.77. The lowest BCUT2D eigenvalue weighted by atomic mass is 10.1. The molecule has 0 saturated heterocycles. The fraction of sp³-hybridized carbons (Fsp3) is 0. The molecule has 27 heavy (non-hydrogen) atoms. The van der Waals surface area contributed by atoms with E-state index >= 15 is 0 Å². The van der Waals surface area contributed by atoms with Crippen LogP contribution < -0.4 is 4.74 Å². The Kier molecular flexibility index (Phi) is 6.07. The molecule has 0 aliphatic heterocycles. The second-order valence-corrected chi connectivity index (χ2v) is 6.51. The molecule has 0 aliphatic carbocycles. The molecule has 0 unspecified atom stereocenters. The van der Waals surface area contributed by atoms with Crippen LogP contribution in [0.2, 0.25) is 10.0 Å². The number of ketones is 1. The molecule has 0 atom stereocenters. The molecule has 0 aromatic heterocycles. The average molecular weight is 397 g/mol. The molecule has 0 saturated carbocycles. The molecule has 0 spiro atoms. The molecule has 3 nitrogen and oxygen atoms in total. The van der Waals surface area contributed by atoms with Crippen LogP contribution in [0, 0.1) is 0 Å². The second kappa shape index (κ2) is 8.67. The van der Waals surface area contributed by atoms with Gasteiger partial charge in [-0.2, -0.15) is 0 Å². The van der Waals surface area contributed by atoms with E-state index in [0.29, 0.717) is 32.5 Å². The van der Waals surface area contributed by atoms with Crippen molar-refractivity contribution in [3.8, 4) is 5.75 Å². The predicted molar refractivity (Wildman–Crippen MR) is 108 cm³/mol. The third-order valence-corrected chi connectivity index (χ3v) is 4.25. The third kappa shape index (κ3) is 5.07. The van der Waals surface area contributed by atoms with Crippen LogP contribution in [0.1, 0.15) is 26.3 Å². The number of benzene rings is 3. The maximum Gasteiger partial charge on any atom is 0.343 e. The first kappa shape index (κ1) is 18.9. The number of halogens is 2. The molecule has 5 heteroatoms. The number of para-hydroxylation sites is 1. The summed E-state index contributed by atoms with van der Waals surface area (Å²) in [6.07, 6.45) is 3.04. The van der Waals surface area contributed by atoms with E-state index in [1.54, 1.807) is 78.9 Å². The molecular formula is C22H14Cl2O3. The molecule has 0 aliphatic rings. The van der Waals surface area contributed by atoms with Crippen molar-refractivity contribution in [1.82, 2.24) is 0 Å². The summed E-state index contributed by atoms with van der Waals surface area (Å²) < 4.78 is 5.46. The number of rotatable bonds is 5. The molecular weight excluding hydrogens is 383 g/mol. The van der Waals surface area contributed by atoms with Crippen molar-refractivity contribution in [3.05, 3.63) is 106 Å². The largest absolute Gasteiger partial charge is 0.422 e. The summed E-state index contributed by atoms with van der Waals surface area (Å²) in [5.74, 6) is -0.320. The van der Waals surface area contributed by atoms with Gasteiger partial charge in [0.2, 0.25) is 0 Å². The summed E-state index contributed by atoms with van der Waals surface area (Å²) in [5, 5.41) is 1.10.